The Morgan fingerprint density at radius 3 is 3.00 bits per heavy atom. The van der Waals surface area contributed by atoms with Gasteiger partial charge in [0.25, 0.3) is 0 Å². The summed E-state index contributed by atoms with van der Waals surface area (Å²) < 4.78 is 10.0. The Bertz CT molecular complexity index is 176. The quantitative estimate of drug-likeness (QED) is 0.644. The van der Waals surface area contributed by atoms with Crippen LogP contribution in [-0.2, 0) is 14.3 Å². The Labute approximate surface area is 78.6 Å². The Balaban J connectivity index is 2.14. The molecule has 1 aliphatic heterocycles. The molecule has 1 rings (SSSR count). The van der Waals surface area contributed by atoms with E-state index in [1.54, 1.807) is 0 Å². The first-order chi connectivity index (χ1) is 6.16. The number of methoxy groups -OCH3 is 1. The third-order valence-electron chi connectivity index (χ3n) is 2.30. The van der Waals surface area contributed by atoms with E-state index in [0.29, 0.717) is 6.54 Å². The summed E-state index contributed by atoms with van der Waals surface area (Å²) in [6.07, 6.45) is 2.16. The maximum atomic E-state index is 10.8. The molecule has 1 atom stereocenters. The van der Waals surface area contributed by atoms with Gasteiger partial charge in [-0.3, -0.25) is 4.79 Å². The van der Waals surface area contributed by atoms with Gasteiger partial charge in [-0.15, -0.1) is 0 Å². The van der Waals surface area contributed by atoms with Gasteiger partial charge in [-0.1, -0.05) is 0 Å². The normalized spacial score (nSPS) is 27.5. The minimum absolute atomic E-state index is 0.0893. The maximum absolute atomic E-state index is 10.8. The zero-order chi connectivity index (χ0) is 9.73. The third-order valence-corrected chi connectivity index (χ3v) is 2.30. The highest BCUT2D eigenvalue weighted by atomic mass is 16.5. The van der Waals surface area contributed by atoms with Crippen molar-refractivity contribution in [3.8, 4) is 0 Å². The van der Waals surface area contributed by atoms with Crippen molar-refractivity contribution >= 4 is 5.97 Å². The molecule has 1 N–H and O–H groups in total. The lowest BCUT2D eigenvalue weighted by molar-refractivity contribution is -0.139. The molecule has 0 aliphatic carbocycles. The van der Waals surface area contributed by atoms with Crippen molar-refractivity contribution in [1.82, 2.24) is 5.32 Å². The van der Waals surface area contributed by atoms with Crippen LogP contribution in [0.1, 0.15) is 19.8 Å². The summed E-state index contributed by atoms with van der Waals surface area (Å²) in [5.41, 5.74) is -0.0893. The van der Waals surface area contributed by atoms with E-state index in [9.17, 15) is 4.79 Å². The standard InChI is InChI=1S/C9H17NO3/c1-9(4-3-5-13-9)7-10-6-8(11)12-2/h10H,3-7H2,1-2H3. The second-order valence-corrected chi connectivity index (χ2v) is 3.58. The lowest BCUT2D eigenvalue weighted by atomic mass is 10.0. The molecule has 0 amide bonds. The molecule has 4 nitrogen and oxygen atoms in total. The monoisotopic (exact) mass is 187 g/mol. The van der Waals surface area contributed by atoms with Gasteiger partial charge in [-0.05, 0) is 19.8 Å². The van der Waals surface area contributed by atoms with E-state index in [1.807, 2.05) is 0 Å². The lowest BCUT2D eigenvalue weighted by Gasteiger charge is -2.22. The Morgan fingerprint density at radius 1 is 1.69 bits per heavy atom. The number of hydrogen-bond donors (Lipinski definition) is 1. The van der Waals surface area contributed by atoms with Crippen molar-refractivity contribution in [1.29, 1.82) is 0 Å². The van der Waals surface area contributed by atoms with E-state index in [1.165, 1.54) is 7.11 Å². The fourth-order valence-electron chi connectivity index (χ4n) is 1.48. The van der Waals surface area contributed by atoms with Gasteiger partial charge in [0.05, 0.1) is 19.3 Å². The first kappa shape index (κ1) is 10.5. The van der Waals surface area contributed by atoms with Crippen molar-refractivity contribution in [3.05, 3.63) is 0 Å². The van der Waals surface area contributed by atoms with Crippen LogP contribution in [0.25, 0.3) is 0 Å². The number of esters is 1. The largest absolute Gasteiger partial charge is 0.468 e. The average molecular weight is 187 g/mol. The summed E-state index contributed by atoms with van der Waals surface area (Å²) in [6, 6.07) is 0. The van der Waals surface area contributed by atoms with Crippen LogP contribution in [0, 0.1) is 0 Å². The predicted molar refractivity (Wildman–Crippen MR) is 48.5 cm³/mol. The van der Waals surface area contributed by atoms with Crippen molar-refractivity contribution < 1.29 is 14.3 Å². The van der Waals surface area contributed by atoms with E-state index in [4.69, 9.17) is 4.74 Å². The highest BCUT2D eigenvalue weighted by Gasteiger charge is 2.29. The summed E-state index contributed by atoms with van der Waals surface area (Å²) >= 11 is 0. The van der Waals surface area contributed by atoms with Gasteiger partial charge < -0.3 is 14.8 Å². The molecule has 0 aromatic rings. The van der Waals surface area contributed by atoms with Crippen LogP contribution in [0.15, 0.2) is 0 Å². The van der Waals surface area contributed by atoms with Crippen LogP contribution in [0.5, 0.6) is 0 Å². The van der Waals surface area contributed by atoms with Crippen LogP contribution in [0.2, 0.25) is 0 Å². The zero-order valence-electron chi connectivity index (χ0n) is 8.26. The molecular formula is C9H17NO3. The summed E-state index contributed by atoms with van der Waals surface area (Å²) in [6.45, 7) is 3.86. The van der Waals surface area contributed by atoms with E-state index in [-0.39, 0.29) is 18.1 Å². The molecule has 76 valence electrons. The minimum atomic E-state index is -0.235. The van der Waals surface area contributed by atoms with Crippen LogP contribution in [0.3, 0.4) is 0 Å². The summed E-state index contributed by atoms with van der Waals surface area (Å²) in [5.74, 6) is -0.235. The fraction of sp³-hybridized carbons (Fsp3) is 0.889. The van der Waals surface area contributed by atoms with Crippen LogP contribution in [0.4, 0.5) is 0 Å². The second-order valence-electron chi connectivity index (χ2n) is 3.58. The molecule has 13 heavy (non-hydrogen) atoms. The molecule has 0 saturated carbocycles. The van der Waals surface area contributed by atoms with Crippen molar-refractivity contribution in [2.45, 2.75) is 25.4 Å². The molecular weight excluding hydrogens is 170 g/mol. The van der Waals surface area contributed by atoms with Crippen molar-refractivity contribution in [2.24, 2.45) is 0 Å². The average Bonchev–Trinajstić information content (AvgIpc) is 2.52. The second kappa shape index (κ2) is 4.58. The molecule has 1 fully saturated rings. The maximum Gasteiger partial charge on any atom is 0.319 e. The Kier molecular flexibility index (Phi) is 3.69. The van der Waals surface area contributed by atoms with Crippen LogP contribution >= 0.6 is 0 Å². The Hall–Kier alpha value is -0.610. The van der Waals surface area contributed by atoms with Gasteiger partial charge in [-0.25, -0.2) is 0 Å². The predicted octanol–water partition coefficient (Wildman–Crippen LogP) is 0.318. The zero-order valence-corrected chi connectivity index (χ0v) is 8.26. The topological polar surface area (TPSA) is 47.6 Å². The molecule has 0 spiro atoms. The van der Waals surface area contributed by atoms with Gasteiger partial charge in [0, 0.05) is 13.2 Å². The molecule has 0 radical (unpaired) electrons. The Morgan fingerprint density at radius 2 is 2.46 bits per heavy atom. The molecule has 1 heterocycles. The van der Waals surface area contributed by atoms with Gasteiger partial charge in [0.2, 0.25) is 0 Å². The van der Waals surface area contributed by atoms with E-state index in [0.717, 1.165) is 19.4 Å². The molecule has 4 heteroatoms. The summed E-state index contributed by atoms with van der Waals surface area (Å²) in [4.78, 5) is 10.8. The van der Waals surface area contributed by atoms with E-state index < -0.39 is 0 Å². The first-order valence-electron chi connectivity index (χ1n) is 4.58. The number of carbonyl (C=O) groups is 1. The third kappa shape index (κ3) is 3.32. The fourth-order valence-corrected chi connectivity index (χ4v) is 1.48. The van der Waals surface area contributed by atoms with E-state index in [2.05, 4.69) is 17.0 Å². The minimum Gasteiger partial charge on any atom is -0.468 e. The smallest absolute Gasteiger partial charge is 0.319 e. The number of carbonyl (C=O) groups excluding carboxylic acids is 1. The van der Waals surface area contributed by atoms with Crippen LogP contribution in [-0.4, -0.2) is 38.4 Å². The number of hydrogen-bond acceptors (Lipinski definition) is 4. The summed E-state index contributed by atoms with van der Waals surface area (Å²) in [7, 11) is 1.39. The van der Waals surface area contributed by atoms with Crippen molar-refractivity contribution in [2.75, 3.05) is 26.8 Å². The number of rotatable bonds is 4. The van der Waals surface area contributed by atoms with Gasteiger partial charge >= 0.3 is 5.97 Å². The number of ether oxygens (including phenoxy) is 2. The summed E-state index contributed by atoms with van der Waals surface area (Å²) in [5, 5.41) is 3.02. The lowest BCUT2D eigenvalue weighted by Crippen LogP contribution is -2.39. The molecule has 1 aliphatic rings. The molecule has 1 unspecified atom stereocenters. The van der Waals surface area contributed by atoms with Crippen molar-refractivity contribution in [3.63, 3.8) is 0 Å². The van der Waals surface area contributed by atoms with Gasteiger partial charge in [0.1, 0.15) is 0 Å². The number of nitrogens with one attached hydrogen (secondary N) is 1. The van der Waals surface area contributed by atoms with Gasteiger partial charge in [-0.2, -0.15) is 0 Å². The molecule has 0 bridgehead atoms. The molecule has 1 saturated heterocycles. The van der Waals surface area contributed by atoms with Gasteiger partial charge in [0.15, 0.2) is 0 Å². The SMILES string of the molecule is COC(=O)CNCC1(C)CCCO1. The highest BCUT2D eigenvalue weighted by Crippen LogP contribution is 2.23. The van der Waals surface area contributed by atoms with E-state index >= 15 is 0 Å². The molecule has 0 aromatic carbocycles. The first-order valence-corrected chi connectivity index (χ1v) is 4.58. The molecule has 0 aromatic heterocycles. The highest BCUT2D eigenvalue weighted by molar-refractivity contribution is 5.71. The van der Waals surface area contributed by atoms with Crippen LogP contribution < -0.4 is 5.32 Å².